The Kier molecular flexibility index (Phi) is 5.39. The molecule has 0 bridgehead atoms. The van der Waals surface area contributed by atoms with Crippen LogP contribution in [-0.2, 0) is 14.4 Å². The Morgan fingerprint density at radius 1 is 1.03 bits per heavy atom. The number of nitrogens with one attached hydrogen (secondary N) is 1. The van der Waals surface area contributed by atoms with E-state index in [0.717, 1.165) is 16.0 Å². The maximum atomic E-state index is 14.7. The predicted octanol–water partition coefficient (Wildman–Crippen LogP) is 4.76. The highest BCUT2D eigenvalue weighted by atomic mass is 19.4. The van der Waals surface area contributed by atoms with Crippen molar-refractivity contribution in [2.45, 2.75) is 73.0 Å². The summed E-state index contributed by atoms with van der Waals surface area (Å²) in [7, 11) is 0. The molecule has 5 nitrogen and oxygen atoms in total. The summed E-state index contributed by atoms with van der Waals surface area (Å²) >= 11 is 0. The minimum atomic E-state index is -5.21. The summed E-state index contributed by atoms with van der Waals surface area (Å²) in [5, 5.41) is 1.97. The summed E-state index contributed by atoms with van der Waals surface area (Å²) in [6, 6.07) is 4.91. The van der Waals surface area contributed by atoms with Gasteiger partial charge < -0.3 is 5.32 Å². The molecule has 2 aliphatic rings. The number of anilines is 1. The molecule has 32 heavy (non-hydrogen) atoms. The summed E-state index contributed by atoms with van der Waals surface area (Å²) in [6.07, 6.45) is -5.27. The molecule has 2 amide bonds. The number of hydrogen-bond donors (Lipinski definition) is 1. The number of allylic oxidation sites excluding steroid dienone is 1. The number of halogens is 3. The van der Waals surface area contributed by atoms with Gasteiger partial charge in [-0.25, -0.2) is 0 Å². The molecule has 8 heteroatoms. The van der Waals surface area contributed by atoms with Gasteiger partial charge in [-0.15, -0.1) is 0 Å². The molecule has 1 aliphatic carbocycles. The predicted molar refractivity (Wildman–Crippen MR) is 115 cm³/mol. The van der Waals surface area contributed by atoms with Gasteiger partial charge in [-0.3, -0.25) is 19.3 Å². The molecule has 0 radical (unpaired) electrons. The van der Waals surface area contributed by atoms with Crippen molar-refractivity contribution in [3.8, 4) is 0 Å². The van der Waals surface area contributed by atoms with Crippen LogP contribution in [0.25, 0.3) is 0 Å². The number of benzene rings is 1. The second kappa shape index (κ2) is 7.18. The topological polar surface area (TPSA) is 66.5 Å². The highest BCUT2D eigenvalue weighted by molar-refractivity contribution is 6.20. The highest BCUT2D eigenvalue weighted by Gasteiger charge is 2.72. The molecule has 0 saturated heterocycles. The molecule has 0 unspecified atom stereocenters. The second-order valence-electron chi connectivity index (χ2n) is 10.6. The van der Waals surface area contributed by atoms with E-state index < -0.39 is 45.7 Å². The zero-order valence-corrected chi connectivity index (χ0v) is 19.5. The van der Waals surface area contributed by atoms with Gasteiger partial charge in [0.05, 0.1) is 5.57 Å². The van der Waals surface area contributed by atoms with Gasteiger partial charge in [0, 0.05) is 23.2 Å². The van der Waals surface area contributed by atoms with Crippen molar-refractivity contribution in [3.05, 3.63) is 40.6 Å². The zero-order valence-electron chi connectivity index (χ0n) is 19.5. The number of amides is 2. The third-order valence-electron chi connectivity index (χ3n) is 6.18. The summed E-state index contributed by atoms with van der Waals surface area (Å²) in [5.74, 6) is -3.11. The Bertz CT molecular complexity index is 1050. The van der Waals surface area contributed by atoms with Crippen molar-refractivity contribution >= 4 is 23.3 Å². The van der Waals surface area contributed by atoms with Crippen molar-refractivity contribution in [1.29, 1.82) is 0 Å². The lowest BCUT2D eigenvalue weighted by atomic mass is 9.72. The van der Waals surface area contributed by atoms with E-state index in [-0.39, 0.29) is 24.2 Å². The number of carbonyl (C=O) groups is 3. The molecular formula is C24H29F3N2O3. The van der Waals surface area contributed by atoms with Crippen molar-refractivity contribution < 1.29 is 27.6 Å². The van der Waals surface area contributed by atoms with Crippen LogP contribution < -0.4 is 10.2 Å². The van der Waals surface area contributed by atoms with Gasteiger partial charge in [-0.05, 0) is 48.9 Å². The molecule has 1 aromatic rings. The average molecular weight is 451 g/mol. The van der Waals surface area contributed by atoms with Gasteiger partial charge in [0.15, 0.2) is 5.78 Å². The molecule has 0 fully saturated rings. The normalized spacial score (nSPS) is 23.5. The fourth-order valence-electron chi connectivity index (χ4n) is 4.25. The molecular weight excluding hydrogens is 421 g/mol. The molecule has 3 rings (SSSR count). The Morgan fingerprint density at radius 3 is 2.12 bits per heavy atom. The number of alkyl halides is 3. The van der Waals surface area contributed by atoms with E-state index in [9.17, 15) is 27.6 Å². The van der Waals surface area contributed by atoms with Gasteiger partial charge in [0.2, 0.25) is 11.4 Å². The van der Waals surface area contributed by atoms with Crippen LogP contribution >= 0.6 is 0 Å². The molecule has 174 valence electrons. The molecule has 1 N–H and O–H groups in total. The van der Waals surface area contributed by atoms with E-state index in [4.69, 9.17) is 0 Å². The maximum absolute atomic E-state index is 14.7. The van der Waals surface area contributed by atoms with E-state index in [0.29, 0.717) is 0 Å². The average Bonchev–Trinajstić information content (AvgIpc) is 2.84. The monoisotopic (exact) mass is 450 g/mol. The molecule has 1 aliphatic heterocycles. The van der Waals surface area contributed by atoms with Crippen LogP contribution in [0, 0.1) is 24.7 Å². The van der Waals surface area contributed by atoms with Crippen molar-refractivity contribution in [2.75, 3.05) is 4.90 Å². The van der Waals surface area contributed by atoms with Crippen molar-refractivity contribution in [1.82, 2.24) is 5.32 Å². The minimum Gasteiger partial charge on any atom is -0.330 e. The van der Waals surface area contributed by atoms with Gasteiger partial charge in [-0.2, -0.15) is 13.2 Å². The van der Waals surface area contributed by atoms with Gasteiger partial charge in [0.1, 0.15) is 0 Å². The quantitative estimate of drug-likeness (QED) is 0.707. The van der Waals surface area contributed by atoms with E-state index in [1.807, 2.05) is 12.2 Å². The zero-order chi connectivity index (χ0) is 24.4. The SMILES string of the molecule is Cc1ccc(N2C(=O)[C@@](NC(=O)C(C)(C)C)(C(F)(F)F)C3=C2CC(C)(C)CC3=O)cc1C. The minimum absolute atomic E-state index is 0.00559. The number of Topliss-reactive ketones (excluding diaryl/α,β-unsaturated/α-hetero) is 1. The lowest BCUT2D eigenvalue weighted by Crippen LogP contribution is -2.67. The molecule has 1 heterocycles. The summed E-state index contributed by atoms with van der Waals surface area (Å²) in [4.78, 5) is 40.5. The van der Waals surface area contributed by atoms with E-state index in [1.54, 1.807) is 39.0 Å². The Morgan fingerprint density at radius 2 is 1.62 bits per heavy atom. The Labute approximate surface area is 186 Å². The second-order valence-corrected chi connectivity index (χ2v) is 10.6. The fourth-order valence-corrected chi connectivity index (χ4v) is 4.25. The number of ketones is 1. The standard InChI is InChI=1S/C24H29F3N2O3/c1-13-8-9-15(10-14(13)2)29-16-11-22(6,7)12-17(30)18(16)23(20(29)32,24(25,26)27)28-19(31)21(3,4)5/h8-10H,11-12H2,1-7H3,(H,28,31)/t23-/m1/s1. The third kappa shape index (κ3) is 3.63. The number of nitrogens with zero attached hydrogens (tertiary/aromatic N) is 1. The van der Waals surface area contributed by atoms with E-state index >= 15 is 0 Å². The summed E-state index contributed by atoms with van der Waals surface area (Å²) in [5.41, 5.74) is -3.96. The Balaban J connectivity index is 2.33. The first-order valence-electron chi connectivity index (χ1n) is 10.5. The first-order valence-corrected chi connectivity index (χ1v) is 10.5. The summed E-state index contributed by atoms with van der Waals surface area (Å²) < 4.78 is 44.2. The number of carbonyl (C=O) groups excluding carboxylic acids is 3. The number of rotatable bonds is 2. The van der Waals surface area contributed by atoms with Crippen LogP contribution in [0.15, 0.2) is 29.5 Å². The maximum Gasteiger partial charge on any atom is 0.425 e. The molecule has 0 aromatic heterocycles. The number of hydrogen-bond acceptors (Lipinski definition) is 3. The highest BCUT2D eigenvalue weighted by Crippen LogP contribution is 2.53. The van der Waals surface area contributed by atoms with Crippen LogP contribution in [-0.4, -0.2) is 29.3 Å². The molecule has 1 atom stereocenters. The molecule has 1 aromatic carbocycles. The van der Waals surface area contributed by atoms with Crippen molar-refractivity contribution in [2.24, 2.45) is 10.8 Å². The van der Waals surface area contributed by atoms with Crippen LogP contribution in [0.4, 0.5) is 18.9 Å². The van der Waals surface area contributed by atoms with Crippen LogP contribution in [0.3, 0.4) is 0 Å². The van der Waals surface area contributed by atoms with Crippen LogP contribution in [0.1, 0.15) is 58.6 Å². The molecule has 0 spiro atoms. The first kappa shape index (κ1) is 24.0. The number of aryl methyl sites for hydroxylation is 2. The van der Waals surface area contributed by atoms with E-state index in [2.05, 4.69) is 0 Å². The molecule has 0 saturated carbocycles. The van der Waals surface area contributed by atoms with Gasteiger partial charge in [0.25, 0.3) is 5.91 Å². The summed E-state index contributed by atoms with van der Waals surface area (Å²) in [6.45, 7) is 11.6. The largest absolute Gasteiger partial charge is 0.425 e. The van der Waals surface area contributed by atoms with Gasteiger partial charge >= 0.3 is 6.18 Å². The lowest BCUT2D eigenvalue weighted by molar-refractivity contribution is -0.191. The first-order chi connectivity index (χ1) is 14.4. The van der Waals surface area contributed by atoms with Crippen LogP contribution in [0.5, 0.6) is 0 Å². The smallest absolute Gasteiger partial charge is 0.330 e. The van der Waals surface area contributed by atoms with E-state index in [1.165, 1.54) is 20.8 Å². The third-order valence-corrected chi connectivity index (χ3v) is 6.18. The van der Waals surface area contributed by atoms with Crippen molar-refractivity contribution in [3.63, 3.8) is 0 Å². The fraction of sp³-hybridized carbons (Fsp3) is 0.542. The van der Waals surface area contributed by atoms with Gasteiger partial charge in [-0.1, -0.05) is 40.7 Å². The Hall–Kier alpha value is -2.64. The van der Waals surface area contributed by atoms with Crippen LogP contribution in [0.2, 0.25) is 0 Å². The lowest BCUT2D eigenvalue weighted by Gasteiger charge is -2.37.